The van der Waals surface area contributed by atoms with E-state index in [1.54, 1.807) is 7.11 Å². The van der Waals surface area contributed by atoms with Gasteiger partial charge in [-0.25, -0.2) is 4.98 Å². The Balaban J connectivity index is 1.34. The standard InChI is InChI=1S/C25H30N4O2S/c1-18(13-14-19-8-4-3-5-9-19)26-24(30)22-12-7-15-29(22)25-27-23(28-32-25)17-20-10-6-11-21(16-20)31-2/h3-6,8-11,16,18,22H,7,12-15,17H2,1-2H3,(H,26,30). The minimum atomic E-state index is -0.174. The van der Waals surface area contributed by atoms with Gasteiger partial charge in [-0.2, -0.15) is 4.37 Å². The molecule has 0 saturated carbocycles. The first kappa shape index (κ1) is 22.3. The van der Waals surface area contributed by atoms with Crippen molar-refractivity contribution in [3.8, 4) is 5.75 Å². The molecule has 1 saturated heterocycles. The Morgan fingerprint density at radius 2 is 2.03 bits per heavy atom. The Hall–Kier alpha value is -2.93. The van der Waals surface area contributed by atoms with Gasteiger partial charge in [0.05, 0.1) is 7.11 Å². The number of aryl methyl sites for hydroxylation is 1. The molecule has 7 heteroatoms. The predicted molar refractivity (Wildman–Crippen MR) is 128 cm³/mol. The van der Waals surface area contributed by atoms with Gasteiger partial charge in [0, 0.05) is 30.5 Å². The summed E-state index contributed by atoms with van der Waals surface area (Å²) in [5.41, 5.74) is 2.41. The molecule has 0 spiro atoms. The van der Waals surface area contributed by atoms with Crippen LogP contribution in [0.5, 0.6) is 5.75 Å². The molecule has 0 bridgehead atoms. The lowest BCUT2D eigenvalue weighted by Crippen LogP contribution is -2.46. The van der Waals surface area contributed by atoms with Gasteiger partial charge in [-0.05, 0) is 55.9 Å². The van der Waals surface area contributed by atoms with Crippen molar-refractivity contribution in [2.24, 2.45) is 0 Å². The summed E-state index contributed by atoms with van der Waals surface area (Å²) in [5.74, 6) is 1.70. The zero-order chi connectivity index (χ0) is 22.3. The summed E-state index contributed by atoms with van der Waals surface area (Å²) in [6.45, 7) is 2.92. The van der Waals surface area contributed by atoms with Crippen LogP contribution in [0.1, 0.15) is 43.1 Å². The smallest absolute Gasteiger partial charge is 0.242 e. The molecule has 1 N–H and O–H groups in total. The van der Waals surface area contributed by atoms with Crippen molar-refractivity contribution in [3.05, 3.63) is 71.5 Å². The van der Waals surface area contributed by atoms with Crippen LogP contribution >= 0.6 is 11.5 Å². The average molecular weight is 451 g/mol. The molecule has 1 aliphatic rings. The molecule has 0 aliphatic carbocycles. The van der Waals surface area contributed by atoms with Gasteiger partial charge in [0.25, 0.3) is 0 Å². The van der Waals surface area contributed by atoms with Gasteiger partial charge in [-0.3, -0.25) is 4.79 Å². The van der Waals surface area contributed by atoms with Gasteiger partial charge in [0.15, 0.2) is 0 Å². The van der Waals surface area contributed by atoms with Crippen molar-refractivity contribution >= 4 is 22.6 Å². The van der Waals surface area contributed by atoms with Crippen molar-refractivity contribution < 1.29 is 9.53 Å². The summed E-state index contributed by atoms with van der Waals surface area (Å²) < 4.78 is 9.85. The van der Waals surface area contributed by atoms with E-state index in [1.165, 1.54) is 17.1 Å². The quantitative estimate of drug-likeness (QED) is 0.528. The Morgan fingerprint density at radius 3 is 2.84 bits per heavy atom. The molecule has 168 valence electrons. The summed E-state index contributed by atoms with van der Waals surface area (Å²) in [4.78, 5) is 19.9. The molecule has 6 nitrogen and oxygen atoms in total. The van der Waals surface area contributed by atoms with Gasteiger partial charge in [-0.15, -0.1) is 0 Å². The lowest BCUT2D eigenvalue weighted by molar-refractivity contribution is -0.122. The number of methoxy groups -OCH3 is 1. The molecule has 2 atom stereocenters. The maximum Gasteiger partial charge on any atom is 0.242 e. The first-order chi connectivity index (χ1) is 15.6. The van der Waals surface area contributed by atoms with Crippen LogP contribution in [0.15, 0.2) is 54.6 Å². The van der Waals surface area contributed by atoms with Crippen molar-refractivity contribution in [2.45, 2.75) is 51.1 Å². The third kappa shape index (κ3) is 5.65. The Morgan fingerprint density at radius 1 is 1.22 bits per heavy atom. The monoisotopic (exact) mass is 450 g/mol. The summed E-state index contributed by atoms with van der Waals surface area (Å²) in [5, 5.41) is 4.04. The molecule has 1 aromatic heterocycles. The number of carbonyl (C=O) groups is 1. The number of ether oxygens (including phenoxy) is 1. The third-order valence-corrected chi connectivity index (χ3v) is 6.64. The topological polar surface area (TPSA) is 67.3 Å². The zero-order valence-electron chi connectivity index (χ0n) is 18.7. The van der Waals surface area contributed by atoms with Gasteiger partial charge < -0.3 is 15.0 Å². The summed E-state index contributed by atoms with van der Waals surface area (Å²) in [6, 6.07) is 18.3. The van der Waals surface area contributed by atoms with E-state index in [4.69, 9.17) is 9.72 Å². The third-order valence-electron chi connectivity index (χ3n) is 5.85. The number of hydrogen-bond acceptors (Lipinski definition) is 6. The lowest BCUT2D eigenvalue weighted by Gasteiger charge is -2.24. The van der Waals surface area contributed by atoms with E-state index >= 15 is 0 Å². The van der Waals surface area contributed by atoms with Gasteiger partial charge in [-0.1, -0.05) is 42.5 Å². The highest BCUT2D eigenvalue weighted by Gasteiger charge is 2.33. The van der Waals surface area contributed by atoms with Crippen LogP contribution in [-0.2, 0) is 17.6 Å². The average Bonchev–Trinajstić information content (AvgIpc) is 3.48. The Kier molecular flexibility index (Phi) is 7.37. The fourth-order valence-electron chi connectivity index (χ4n) is 4.11. The number of benzene rings is 2. The molecule has 2 unspecified atom stereocenters. The minimum Gasteiger partial charge on any atom is -0.497 e. The van der Waals surface area contributed by atoms with Crippen LogP contribution < -0.4 is 15.0 Å². The van der Waals surface area contributed by atoms with Crippen LogP contribution in [0.25, 0.3) is 0 Å². The molecule has 1 fully saturated rings. The Bertz CT molecular complexity index is 1020. The van der Waals surface area contributed by atoms with Crippen molar-refractivity contribution in [1.82, 2.24) is 14.7 Å². The molecule has 32 heavy (non-hydrogen) atoms. The normalized spacial score (nSPS) is 16.7. The summed E-state index contributed by atoms with van der Waals surface area (Å²) in [7, 11) is 1.67. The first-order valence-corrected chi connectivity index (χ1v) is 12.0. The second-order valence-corrected chi connectivity index (χ2v) is 9.04. The molecular weight excluding hydrogens is 420 g/mol. The molecule has 2 heterocycles. The zero-order valence-corrected chi connectivity index (χ0v) is 19.5. The highest BCUT2D eigenvalue weighted by Crippen LogP contribution is 2.28. The van der Waals surface area contributed by atoms with Gasteiger partial charge in [0.1, 0.15) is 17.6 Å². The summed E-state index contributed by atoms with van der Waals surface area (Å²) in [6.07, 6.45) is 4.37. The van der Waals surface area contributed by atoms with E-state index in [2.05, 4.69) is 45.8 Å². The lowest BCUT2D eigenvalue weighted by atomic mass is 10.1. The number of hydrogen-bond donors (Lipinski definition) is 1. The van der Waals surface area contributed by atoms with E-state index in [0.717, 1.165) is 54.5 Å². The molecule has 3 aromatic rings. The molecular formula is C25H30N4O2S. The van der Waals surface area contributed by atoms with E-state index in [1.807, 2.05) is 30.3 Å². The number of rotatable bonds is 9. The number of aromatic nitrogens is 2. The minimum absolute atomic E-state index is 0.0904. The molecule has 1 aliphatic heterocycles. The van der Waals surface area contributed by atoms with E-state index < -0.39 is 0 Å². The second-order valence-electron chi connectivity index (χ2n) is 8.31. The van der Waals surface area contributed by atoms with Gasteiger partial charge in [0.2, 0.25) is 11.0 Å². The number of amides is 1. The number of nitrogens with zero attached hydrogens (tertiary/aromatic N) is 3. The summed E-state index contributed by atoms with van der Waals surface area (Å²) >= 11 is 1.38. The van der Waals surface area contributed by atoms with Crippen LogP contribution in [0.4, 0.5) is 5.13 Å². The Labute approximate surface area is 193 Å². The first-order valence-electron chi connectivity index (χ1n) is 11.2. The SMILES string of the molecule is COc1cccc(Cc2nsc(N3CCCC3C(=O)NC(C)CCc3ccccc3)n2)c1. The molecule has 2 aromatic carbocycles. The van der Waals surface area contributed by atoms with E-state index in [-0.39, 0.29) is 18.0 Å². The van der Waals surface area contributed by atoms with Crippen molar-refractivity contribution in [3.63, 3.8) is 0 Å². The number of nitrogens with one attached hydrogen (secondary N) is 1. The van der Waals surface area contributed by atoms with Crippen LogP contribution in [0.3, 0.4) is 0 Å². The van der Waals surface area contributed by atoms with Crippen molar-refractivity contribution in [1.29, 1.82) is 0 Å². The van der Waals surface area contributed by atoms with Crippen molar-refractivity contribution in [2.75, 3.05) is 18.6 Å². The largest absolute Gasteiger partial charge is 0.497 e. The maximum atomic E-state index is 13.0. The predicted octanol–water partition coefficient (Wildman–Crippen LogP) is 4.24. The molecule has 1 amide bonds. The fraction of sp³-hybridized carbons (Fsp3) is 0.400. The molecule has 4 rings (SSSR count). The second kappa shape index (κ2) is 10.6. The highest BCUT2D eigenvalue weighted by atomic mass is 32.1. The number of carbonyl (C=O) groups excluding carboxylic acids is 1. The van der Waals surface area contributed by atoms with Crippen LogP contribution in [-0.4, -0.2) is 41.0 Å². The van der Waals surface area contributed by atoms with E-state index in [0.29, 0.717) is 6.42 Å². The van der Waals surface area contributed by atoms with Crippen LogP contribution in [0, 0.1) is 0 Å². The number of anilines is 1. The maximum absolute atomic E-state index is 13.0. The fourth-order valence-corrected chi connectivity index (χ4v) is 4.87. The highest BCUT2D eigenvalue weighted by molar-refractivity contribution is 7.09. The van der Waals surface area contributed by atoms with E-state index in [9.17, 15) is 4.79 Å². The van der Waals surface area contributed by atoms with Crippen LogP contribution in [0.2, 0.25) is 0 Å². The molecule has 0 radical (unpaired) electrons. The van der Waals surface area contributed by atoms with Gasteiger partial charge >= 0.3 is 0 Å².